The molecule has 0 fully saturated rings. The maximum absolute atomic E-state index is 5.35. The Morgan fingerprint density at radius 3 is 2.36 bits per heavy atom. The van der Waals surface area contributed by atoms with Gasteiger partial charge in [0.1, 0.15) is 0 Å². The summed E-state index contributed by atoms with van der Waals surface area (Å²) < 4.78 is 5.35. The summed E-state index contributed by atoms with van der Waals surface area (Å²) >= 11 is 0. The standard InChI is InChI=1S/C11H18N2O/c1-5-6-14-10-8-12-9(7-13-10)11(2,3)4/h7-8H,5-6H2,1-4H3. The van der Waals surface area contributed by atoms with Crippen molar-refractivity contribution >= 4 is 0 Å². The molecule has 0 aliphatic heterocycles. The number of hydrogen-bond donors (Lipinski definition) is 0. The smallest absolute Gasteiger partial charge is 0.232 e. The van der Waals surface area contributed by atoms with Crippen LogP contribution in [0.2, 0.25) is 0 Å². The van der Waals surface area contributed by atoms with E-state index in [4.69, 9.17) is 4.74 Å². The summed E-state index contributed by atoms with van der Waals surface area (Å²) in [5, 5.41) is 0. The van der Waals surface area contributed by atoms with E-state index in [1.807, 2.05) is 0 Å². The first-order valence-electron chi connectivity index (χ1n) is 4.99. The van der Waals surface area contributed by atoms with Crippen LogP contribution < -0.4 is 4.74 Å². The fourth-order valence-corrected chi connectivity index (χ4v) is 0.985. The molecule has 0 aliphatic carbocycles. The Morgan fingerprint density at radius 2 is 1.93 bits per heavy atom. The van der Waals surface area contributed by atoms with Crippen molar-refractivity contribution < 1.29 is 4.74 Å². The molecular formula is C11H18N2O. The first kappa shape index (κ1) is 11.0. The normalized spacial score (nSPS) is 11.4. The molecule has 0 radical (unpaired) electrons. The van der Waals surface area contributed by atoms with E-state index in [0.29, 0.717) is 12.5 Å². The van der Waals surface area contributed by atoms with Gasteiger partial charge in [0, 0.05) is 5.41 Å². The average molecular weight is 194 g/mol. The van der Waals surface area contributed by atoms with Gasteiger partial charge in [0.05, 0.1) is 24.7 Å². The largest absolute Gasteiger partial charge is 0.477 e. The third-order valence-electron chi connectivity index (χ3n) is 1.85. The monoisotopic (exact) mass is 194 g/mol. The Hall–Kier alpha value is -1.12. The molecule has 0 unspecified atom stereocenters. The summed E-state index contributed by atoms with van der Waals surface area (Å²) in [6, 6.07) is 0. The van der Waals surface area contributed by atoms with E-state index in [-0.39, 0.29) is 5.41 Å². The summed E-state index contributed by atoms with van der Waals surface area (Å²) in [6.45, 7) is 9.11. The summed E-state index contributed by atoms with van der Waals surface area (Å²) in [7, 11) is 0. The molecule has 78 valence electrons. The Labute approximate surface area is 85.5 Å². The number of nitrogens with zero attached hydrogens (tertiary/aromatic N) is 2. The lowest BCUT2D eigenvalue weighted by Gasteiger charge is -2.16. The number of aromatic nitrogens is 2. The molecule has 3 heteroatoms. The lowest BCUT2D eigenvalue weighted by molar-refractivity contribution is 0.303. The minimum Gasteiger partial charge on any atom is -0.477 e. The van der Waals surface area contributed by atoms with Crippen LogP contribution in [0.15, 0.2) is 12.4 Å². The topological polar surface area (TPSA) is 35.0 Å². The van der Waals surface area contributed by atoms with Crippen molar-refractivity contribution in [2.75, 3.05) is 6.61 Å². The highest BCUT2D eigenvalue weighted by Gasteiger charge is 2.15. The maximum Gasteiger partial charge on any atom is 0.232 e. The molecule has 0 bridgehead atoms. The van der Waals surface area contributed by atoms with Crippen molar-refractivity contribution in [3.63, 3.8) is 0 Å². The molecule has 1 aromatic heterocycles. The molecule has 0 saturated heterocycles. The minimum atomic E-state index is 0.0519. The molecule has 1 rings (SSSR count). The van der Waals surface area contributed by atoms with Crippen LogP contribution in [-0.2, 0) is 5.41 Å². The van der Waals surface area contributed by atoms with Gasteiger partial charge in [-0.3, -0.25) is 4.98 Å². The molecule has 3 nitrogen and oxygen atoms in total. The van der Waals surface area contributed by atoms with Crippen LogP contribution in [-0.4, -0.2) is 16.6 Å². The van der Waals surface area contributed by atoms with Crippen molar-refractivity contribution in [3.8, 4) is 5.88 Å². The van der Waals surface area contributed by atoms with Crippen LogP contribution in [0.1, 0.15) is 39.8 Å². The lowest BCUT2D eigenvalue weighted by atomic mass is 9.93. The third kappa shape index (κ3) is 2.98. The zero-order valence-corrected chi connectivity index (χ0v) is 9.37. The van der Waals surface area contributed by atoms with Crippen LogP contribution in [0.4, 0.5) is 0 Å². The molecule has 0 atom stereocenters. The maximum atomic E-state index is 5.35. The van der Waals surface area contributed by atoms with E-state index in [9.17, 15) is 0 Å². The van der Waals surface area contributed by atoms with E-state index in [1.54, 1.807) is 12.4 Å². The van der Waals surface area contributed by atoms with Gasteiger partial charge in [0.15, 0.2) is 0 Å². The highest BCUT2D eigenvalue weighted by atomic mass is 16.5. The number of rotatable bonds is 3. The van der Waals surface area contributed by atoms with Crippen LogP contribution in [0.5, 0.6) is 5.88 Å². The molecule has 0 amide bonds. The van der Waals surface area contributed by atoms with E-state index in [1.165, 1.54) is 0 Å². The predicted octanol–water partition coefficient (Wildman–Crippen LogP) is 2.56. The second kappa shape index (κ2) is 4.40. The Morgan fingerprint density at radius 1 is 1.21 bits per heavy atom. The fraction of sp³-hybridized carbons (Fsp3) is 0.636. The summed E-state index contributed by atoms with van der Waals surface area (Å²) in [5.41, 5.74) is 1.04. The van der Waals surface area contributed by atoms with Crippen molar-refractivity contribution in [2.24, 2.45) is 0 Å². The van der Waals surface area contributed by atoms with Crippen molar-refractivity contribution in [1.29, 1.82) is 0 Å². The molecule has 0 spiro atoms. The van der Waals surface area contributed by atoms with Gasteiger partial charge in [-0.15, -0.1) is 0 Å². The van der Waals surface area contributed by atoms with Gasteiger partial charge >= 0.3 is 0 Å². The SMILES string of the molecule is CCCOc1cnc(C(C)(C)C)cn1. The highest BCUT2D eigenvalue weighted by molar-refractivity contribution is 5.13. The Balaban J connectivity index is 2.69. The van der Waals surface area contributed by atoms with Gasteiger partial charge in [0.2, 0.25) is 5.88 Å². The molecule has 0 N–H and O–H groups in total. The first-order valence-corrected chi connectivity index (χ1v) is 4.99. The molecule has 1 aromatic rings. The molecule has 14 heavy (non-hydrogen) atoms. The zero-order chi connectivity index (χ0) is 10.6. The first-order chi connectivity index (χ1) is 6.54. The van der Waals surface area contributed by atoms with Gasteiger partial charge in [0.25, 0.3) is 0 Å². The summed E-state index contributed by atoms with van der Waals surface area (Å²) in [5.74, 6) is 0.611. The fourth-order valence-electron chi connectivity index (χ4n) is 0.985. The van der Waals surface area contributed by atoms with E-state index < -0.39 is 0 Å². The van der Waals surface area contributed by atoms with Gasteiger partial charge in [-0.1, -0.05) is 27.7 Å². The van der Waals surface area contributed by atoms with E-state index >= 15 is 0 Å². The Bertz CT molecular complexity index is 274. The third-order valence-corrected chi connectivity index (χ3v) is 1.85. The lowest BCUT2D eigenvalue weighted by Crippen LogP contribution is -2.14. The van der Waals surface area contributed by atoms with E-state index in [2.05, 4.69) is 37.7 Å². The molecule has 0 aliphatic rings. The van der Waals surface area contributed by atoms with Gasteiger partial charge in [-0.05, 0) is 6.42 Å². The predicted molar refractivity (Wildman–Crippen MR) is 56.5 cm³/mol. The quantitative estimate of drug-likeness (QED) is 0.741. The molecule has 0 aromatic carbocycles. The van der Waals surface area contributed by atoms with Crippen LogP contribution in [0.3, 0.4) is 0 Å². The van der Waals surface area contributed by atoms with Crippen molar-refractivity contribution in [1.82, 2.24) is 9.97 Å². The van der Waals surface area contributed by atoms with Crippen LogP contribution in [0.25, 0.3) is 0 Å². The zero-order valence-electron chi connectivity index (χ0n) is 9.37. The van der Waals surface area contributed by atoms with Gasteiger partial charge < -0.3 is 4.74 Å². The second-order valence-electron chi connectivity index (χ2n) is 4.34. The Kier molecular flexibility index (Phi) is 3.44. The van der Waals surface area contributed by atoms with Crippen molar-refractivity contribution in [2.45, 2.75) is 39.5 Å². The van der Waals surface area contributed by atoms with Crippen LogP contribution >= 0.6 is 0 Å². The summed E-state index contributed by atoms with van der Waals surface area (Å²) in [6.07, 6.45) is 4.46. The van der Waals surface area contributed by atoms with Gasteiger partial charge in [-0.25, -0.2) is 4.98 Å². The van der Waals surface area contributed by atoms with E-state index in [0.717, 1.165) is 12.1 Å². The van der Waals surface area contributed by atoms with Gasteiger partial charge in [-0.2, -0.15) is 0 Å². The molecule has 0 saturated carbocycles. The molecular weight excluding hydrogens is 176 g/mol. The highest BCUT2D eigenvalue weighted by Crippen LogP contribution is 2.19. The molecule has 1 heterocycles. The van der Waals surface area contributed by atoms with Crippen molar-refractivity contribution in [3.05, 3.63) is 18.1 Å². The number of hydrogen-bond acceptors (Lipinski definition) is 3. The number of ether oxygens (including phenoxy) is 1. The second-order valence-corrected chi connectivity index (χ2v) is 4.34. The summed E-state index contributed by atoms with van der Waals surface area (Å²) in [4.78, 5) is 8.51. The average Bonchev–Trinajstić information content (AvgIpc) is 2.14. The van der Waals surface area contributed by atoms with Crippen LogP contribution in [0, 0.1) is 0 Å². The minimum absolute atomic E-state index is 0.0519.